The minimum atomic E-state index is -0.0106. The quantitative estimate of drug-likeness (QED) is 0.816. The largest absolute Gasteiger partial charge is 0.390 e. The van der Waals surface area contributed by atoms with Crippen molar-refractivity contribution in [2.45, 2.75) is 32.7 Å². The van der Waals surface area contributed by atoms with Crippen molar-refractivity contribution in [3.8, 4) is 0 Å². The molecule has 88 valence electrons. The zero-order valence-corrected chi connectivity index (χ0v) is 9.76. The summed E-state index contributed by atoms with van der Waals surface area (Å²) < 4.78 is 5.68. The van der Waals surface area contributed by atoms with Crippen LogP contribution in [0.4, 0.5) is 5.82 Å². The number of hydrogen-bond acceptors (Lipinski definition) is 4. The summed E-state index contributed by atoms with van der Waals surface area (Å²) in [6.45, 7) is 5.83. The van der Waals surface area contributed by atoms with Gasteiger partial charge in [0.15, 0.2) is 0 Å². The number of aliphatic hydroxyl groups is 1. The number of anilines is 1. The normalized spacial score (nSPS) is 25.8. The molecule has 0 spiro atoms. The van der Waals surface area contributed by atoms with Gasteiger partial charge in [0.2, 0.25) is 0 Å². The molecule has 1 N–H and O–H groups in total. The molecular formula is C12H18N2O2. The topological polar surface area (TPSA) is 45.6 Å². The monoisotopic (exact) mass is 222 g/mol. The number of ether oxygens (including phenoxy) is 1. The van der Waals surface area contributed by atoms with Crippen LogP contribution in [0, 0.1) is 0 Å². The lowest BCUT2D eigenvalue weighted by Crippen LogP contribution is -2.45. The fourth-order valence-corrected chi connectivity index (χ4v) is 2.10. The van der Waals surface area contributed by atoms with Gasteiger partial charge in [0.05, 0.1) is 24.5 Å². The number of rotatable bonds is 2. The maximum atomic E-state index is 9.06. The molecule has 0 aliphatic carbocycles. The first-order valence-electron chi connectivity index (χ1n) is 5.66. The molecule has 1 fully saturated rings. The summed E-state index contributed by atoms with van der Waals surface area (Å²) >= 11 is 0. The molecule has 2 atom stereocenters. The number of pyridine rings is 1. The average molecular weight is 222 g/mol. The lowest BCUT2D eigenvalue weighted by molar-refractivity contribution is -0.00547. The third-order valence-electron chi connectivity index (χ3n) is 2.70. The molecule has 2 heterocycles. The summed E-state index contributed by atoms with van der Waals surface area (Å²) in [5, 5.41) is 9.06. The van der Waals surface area contributed by atoms with Gasteiger partial charge >= 0.3 is 0 Å². The highest BCUT2D eigenvalue weighted by Gasteiger charge is 2.22. The Morgan fingerprint density at radius 2 is 2.06 bits per heavy atom. The van der Waals surface area contributed by atoms with E-state index in [9.17, 15) is 0 Å². The summed E-state index contributed by atoms with van der Waals surface area (Å²) in [5.74, 6) is 0.925. The molecule has 1 aromatic rings. The Kier molecular flexibility index (Phi) is 3.41. The van der Waals surface area contributed by atoms with E-state index >= 15 is 0 Å². The number of hydrogen-bond donors (Lipinski definition) is 1. The van der Waals surface area contributed by atoms with Crippen LogP contribution < -0.4 is 4.90 Å². The van der Waals surface area contributed by atoms with E-state index in [4.69, 9.17) is 9.84 Å². The van der Waals surface area contributed by atoms with Crippen molar-refractivity contribution in [3.05, 3.63) is 23.9 Å². The summed E-state index contributed by atoms with van der Waals surface area (Å²) in [4.78, 5) is 6.61. The molecule has 0 saturated carbocycles. The second-order valence-electron chi connectivity index (χ2n) is 4.31. The van der Waals surface area contributed by atoms with Crippen LogP contribution in [0.3, 0.4) is 0 Å². The van der Waals surface area contributed by atoms with Gasteiger partial charge in [0.25, 0.3) is 0 Å². The molecule has 4 heteroatoms. The predicted octanol–water partition coefficient (Wildman–Crippen LogP) is 1.19. The maximum Gasteiger partial charge on any atom is 0.129 e. The molecule has 2 unspecified atom stereocenters. The molecular weight excluding hydrogens is 204 g/mol. The highest BCUT2D eigenvalue weighted by Crippen LogP contribution is 2.18. The Labute approximate surface area is 95.9 Å². The summed E-state index contributed by atoms with van der Waals surface area (Å²) in [6.07, 6.45) is 0.451. The van der Waals surface area contributed by atoms with Crippen molar-refractivity contribution in [2.75, 3.05) is 18.0 Å². The first-order valence-corrected chi connectivity index (χ1v) is 5.66. The van der Waals surface area contributed by atoms with E-state index in [0.717, 1.165) is 18.9 Å². The van der Waals surface area contributed by atoms with Crippen LogP contribution in [0.5, 0.6) is 0 Å². The van der Waals surface area contributed by atoms with Gasteiger partial charge in [0, 0.05) is 13.1 Å². The van der Waals surface area contributed by atoms with Gasteiger partial charge in [-0.3, -0.25) is 0 Å². The SMILES string of the molecule is CC1CN(c2cccc(CO)n2)CC(C)O1. The second kappa shape index (κ2) is 4.80. The van der Waals surface area contributed by atoms with Crippen LogP contribution >= 0.6 is 0 Å². The lowest BCUT2D eigenvalue weighted by Gasteiger charge is -2.36. The van der Waals surface area contributed by atoms with Crippen molar-refractivity contribution in [1.29, 1.82) is 0 Å². The first kappa shape index (κ1) is 11.4. The zero-order valence-electron chi connectivity index (χ0n) is 9.76. The van der Waals surface area contributed by atoms with Crippen molar-refractivity contribution < 1.29 is 9.84 Å². The van der Waals surface area contributed by atoms with E-state index in [2.05, 4.69) is 23.7 Å². The lowest BCUT2D eigenvalue weighted by atomic mass is 10.2. The zero-order chi connectivity index (χ0) is 11.5. The molecule has 1 aliphatic rings. The van der Waals surface area contributed by atoms with Gasteiger partial charge in [-0.25, -0.2) is 4.98 Å². The molecule has 0 bridgehead atoms. The van der Waals surface area contributed by atoms with Crippen molar-refractivity contribution >= 4 is 5.82 Å². The van der Waals surface area contributed by atoms with E-state index in [1.165, 1.54) is 0 Å². The molecule has 0 aromatic carbocycles. The van der Waals surface area contributed by atoms with Crippen LogP contribution in [-0.2, 0) is 11.3 Å². The average Bonchev–Trinajstić information content (AvgIpc) is 2.28. The molecule has 4 nitrogen and oxygen atoms in total. The van der Waals surface area contributed by atoms with Gasteiger partial charge in [0.1, 0.15) is 5.82 Å². The van der Waals surface area contributed by atoms with Crippen LogP contribution in [0.15, 0.2) is 18.2 Å². The molecule has 1 saturated heterocycles. The van der Waals surface area contributed by atoms with E-state index in [0.29, 0.717) is 5.69 Å². The molecule has 0 amide bonds. The van der Waals surface area contributed by atoms with Crippen molar-refractivity contribution in [3.63, 3.8) is 0 Å². The fraction of sp³-hybridized carbons (Fsp3) is 0.583. The van der Waals surface area contributed by atoms with Gasteiger partial charge < -0.3 is 14.7 Å². The highest BCUT2D eigenvalue weighted by molar-refractivity contribution is 5.40. The summed E-state index contributed by atoms with van der Waals surface area (Å²) in [7, 11) is 0. The fourth-order valence-electron chi connectivity index (χ4n) is 2.10. The predicted molar refractivity (Wildman–Crippen MR) is 62.4 cm³/mol. The summed E-state index contributed by atoms with van der Waals surface area (Å²) in [5.41, 5.74) is 0.712. The standard InChI is InChI=1S/C12H18N2O2/c1-9-6-14(7-10(2)16-9)12-5-3-4-11(8-15)13-12/h3-5,9-10,15H,6-8H2,1-2H3. The van der Waals surface area contributed by atoms with E-state index < -0.39 is 0 Å². The number of nitrogens with zero attached hydrogens (tertiary/aromatic N) is 2. The molecule has 16 heavy (non-hydrogen) atoms. The van der Waals surface area contributed by atoms with E-state index in [-0.39, 0.29) is 18.8 Å². The Morgan fingerprint density at radius 3 is 2.69 bits per heavy atom. The number of aromatic nitrogens is 1. The number of morpholine rings is 1. The van der Waals surface area contributed by atoms with Crippen LogP contribution in [0.1, 0.15) is 19.5 Å². The van der Waals surface area contributed by atoms with E-state index in [1.54, 1.807) is 0 Å². The smallest absolute Gasteiger partial charge is 0.129 e. The second-order valence-corrected chi connectivity index (χ2v) is 4.31. The Morgan fingerprint density at radius 1 is 1.38 bits per heavy atom. The third kappa shape index (κ3) is 2.51. The molecule has 1 aromatic heterocycles. The van der Waals surface area contributed by atoms with Crippen molar-refractivity contribution in [2.24, 2.45) is 0 Å². The molecule has 1 aliphatic heterocycles. The maximum absolute atomic E-state index is 9.06. The Hall–Kier alpha value is -1.13. The number of aliphatic hydroxyl groups excluding tert-OH is 1. The minimum absolute atomic E-state index is 0.0106. The van der Waals surface area contributed by atoms with Crippen LogP contribution in [0.2, 0.25) is 0 Å². The summed E-state index contributed by atoms with van der Waals surface area (Å²) in [6, 6.07) is 5.74. The third-order valence-corrected chi connectivity index (χ3v) is 2.70. The first-order chi connectivity index (χ1) is 7.69. The highest BCUT2D eigenvalue weighted by atomic mass is 16.5. The van der Waals surface area contributed by atoms with E-state index in [1.807, 2.05) is 18.2 Å². The molecule has 0 radical (unpaired) electrons. The Balaban J connectivity index is 2.16. The molecule has 2 rings (SSSR count). The van der Waals surface area contributed by atoms with Gasteiger partial charge in [-0.2, -0.15) is 0 Å². The van der Waals surface area contributed by atoms with Crippen molar-refractivity contribution in [1.82, 2.24) is 4.98 Å². The minimum Gasteiger partial charge on any atom is -0.390 e. The van der Waals surface area contributed by atoms with Crippen LogP contribution in [-0.4, -0.2) is 35.4 Å². The van der Waals surface area contributed by atoms with Gasteiger partial charge in [-0.15, -0.1) is 0 Å². The van der Waals surface area contributed by atoms with Gasteiger partial charge in [-0.05, 0) is 26.0 Å². The van der Waals surface area contributed by atoms with Crippen LogP contribution in [0.25, 0.3) is 0 Å². The Bertz CT molecular complexity index is 347. The van der Waals surface area contributed by atoms with Gasteiger partial charge in [-0.1, -0.05) is 6.07 Å².